The molecule has 0 bridgehead atoms. The van der Waals surface area contributed by atoms with Crippen molar-refractivity contribution in [1.29, 1.82) is 0 Å². The molecule has 4 rings (SSSR count). The van der Waals surface area contributed by atoms with Crippen LogP contribution in [0.1, 0.15) is 21.5 Å². The number of likely N-dealkylation sites (tertiary alicyclic amines) is 1. The zero-order valence-corrected chi connectivity index (χ0v) is 16.6. The van der Waals surface area contributed by atoms with Crippen molar-refractivity contribution in [2.75, 3.05) is 41.0 Å². The molecule has 2 heterocycles. The molecule has 0 N–H and O–H groups in total. The average molecular weight is 382 g/mol. The van der Waals surface area contributed by atoms with Gasteiger partial charge in [-0.1, -0.05) is 24.3 Å². The molecule has 1 saturated heterocycles. The van der Waals surface area contributed by atoms with E-state index in [9.17, 15) is 4.79 Å². The topological polar surface area (TPSA) is 51.2 Å². The molecule has 1 amide bonds. The molecule has 2 aliphatic rings. The lowest BCUT2D eigenvalue weighted by atomic mass is 9.96. The van der Waals surface area contributed by atoms with Gasteiger partial charge in [0.15, 0.2) is 11.5 Å². The number of hydrogen-bond donors (Lipinski definition) is 0. The molecule has 1 fully saturated rings. The zero-order chi connectivity index (χ0) is 19.7. The van der Waals surface area contributed by atoms with Crippen LogP contribution in [0.2, 0.25) is 0 Å². The highest BCUT2D eigenvalue weighted by Crippen LogP contribution is 2.39. The van der Waals surface area contributed by atoms with Gasteiger partial charge < -0.3 is 19.1 Å². The molecule has 0 aromatic heterocycles. The second kappa shape index (κ2) is 7.72. The molecule has 0 radical (unpaired) electrons. The lowest BCUT2D eigenvalue weighted by Crippen LogP contribution is -2.61. The normalized spacial score (nSPS) is 16.9. The first kappa shape index (κ1) is 18.6. The quantitative estimate of drug-likeness (QED) is 0.796. The Kier molecular flexibility index (Phi) is 5.13. The first-order chi connectivity index (χ1) is 13.6. The number of benzene rings is 2. The first-order valence-corrected chi connectivity index (χ1v) is 9.54. The van der Waals surface area contributed by atoms with Gasteiger partial charge in [-0.15, -0.1) is 0 Å². The molecule has 0 unspecified atom stereocenters. The second-order valence-electron chi connectivity index (χ2n) is 7.27. The van der Waals surface area contributed by atoms with E-state index >= 15 is 0 Å². The van der Waals surface area contributed by atoms with E-state index in [4.69, 9.17) is 14.2 Å². The number of hydrogen-bond acceptors (Lipinski definition) is 5. The van der Waals surface area contributed by atoms with Gasteiger partial charge in [0.05, 0.1) is 21.3 Å². The molecule has 2 aromatic carbocycles. The van der Waals surface area contributed by atoms with Crippen LogP contribution in [-0.2, 0) is 13.0 Å². The summed E-state index contributed by atoms with van der Waals surface area (Å²) in [5.41, 5.74) is 3.41. The molecule has 148 valence electrons. The number of methoxy groups -OCH3 is 3. The molecular formula is C22H26N2O4. The van der Waals surface area contributed by atoms with Crippen LogP contribution in [0.15, 0.2) is 36.4 Å². The third-order valence-electron chi connectivity index (χ3n) is 5.74. The van der Waals surface area contributed by atoms with Crippen molar-refractivity contribution in [3.05, 3.63) is 53.1 Å². The fourth-order valence-electron chi connectivity index (χ4n) is 4.07. The molecule has 2 aromatic rings. The Morgan fingerprint density at radius 2 is 1.61 bits per heavy atom. The smallest absolute Gasteiger partial charge is 0.254 e. The van der Waals surface area contributed by atoms with E-state index < -0.39 is 0 Å². The van der Waals surface area contributed by atoms with Crippen LogP contribution in [0, 0.1) is 0 Å². The summed E-state index contributed by atoms with van der Waals surface area (Å²) in [6, 6.07) is 12.5. The van der Waals surface area contributed by atoms with Crippen LogP contribution in [-0.4, -0.2) is 62.7 Å². The predicted molar refractivity (Wildman–Crippen MR) is 106 cm³/mol. The van der Waals surface area contributed by atoms with Crippen molar-refractivity contribution in [3.8, 4) is 17.2 Å². The van der Waals surface area contributed by atoms with Gasteiger partial charge in [-0.2, -0.15) is 0 Å². The number of fused-ring (bicyclic) bond motifs is 1. The fraction of sp³-hybridized carbons (Fsp3) is 0.409. The summed E-state index contributed by atoms with van der Waals surface area (Å²) < 4.78 is 16.1. The third-order valence-corrected chi connectivity index (χ3v) is 5.74. The van der Waals surface area contributed by atoms with Gasteiger partial charge in [0, 0.05) is 37.8 Å². The molecule has 0 aliphatic carbocycles. The number of rotatable bonds is 5. The van der Waals surface area contributed by atoms with Crippen molar-refractivity contribution in [2.45, 2.75) is 19.0 Å². The van der Waals surface area contributed by atoms with Crippen LogP contribution in [0.4, 0.5) is 0 Å². The SMILES string of the molecule is COc1cc(C(=O)N2CC(N3CCc4ccccc4C3)C2)cc(OC)c1OC. The number of nitrogens with zero attached hydrogens (tertiary/aromatic N) is 2. The molecule has 2 aliphatic heterocycles. The lowest BCUT2D eigenvalue weighted by Gasteiger charge is -2.47. The summed E-state index contributed by atoms with van der Waals surface area (Å²) in [5, 5.41) is 0. The van der Waals surface area contributed by atoms with Gasteiger partial charge >= 0.3 is 0 Å². The van der Waals surface area contributed by atoms with Crippen LogP contribution < -0.4 is 14.2 Å². The Morgan fingerprint density at radius 3 is 2.21 bits per heavy atom. The van der Waals surface area contributed by atoms with Gasteiger partial charge in [0.2, 0.25) is 5.75 Å². The zero-order valence-electron chi connectivity index (χ0n) is 16.6. The number of amides is 1. The standard InChI is InChI=1S/C22H26N2O4/c1-26-19-10-17(11-20(27-2)21(19)28-3)22(25)24-13-18(14-24)23-9-8-15-6-4-5-7-16(15)12-23/h4-7,10-11,18H,8-9,12-14H2,1-3H3. The maximum absolute atomic E-state index is 12.9. The summed E-state index contributed by atoms with van der Waals surface area (Å²) in [6.45, 7) is 3.51. The van der Waals surface area contributed by atoms with Crippen molar-refractivity contribution in [3.63, 3.8) is 0 Å². The predicted octanol–water partition coefficient (Wildman–Crippen LogP) is 2.60. The third kappa shape index (κ3) is 3.29. The van der Waals surface area contributed by atoms with Gasteiger partial charge in [-0.25, -0.2) is 0 Å². The fourth-order valence-corrected chi connectivity index (χ4v) is 4.07. The van der Waals surface area contributed by atoms with E-state index in [-0.39, 0.29) is 5.91 Å². The Bertz CT molecular complexity index is 852. The van der Waals surface area contributed by atoms with Gasteiger partial charge in [0.1, 0.15) is 0 Å². The summed E-state index contributed by atoms with van der Waals surface area (Å²) in [5.74, 6) is 1.48. The molecule has 6 nitrogen and oxygen atoms in total. The second-order valence-corrected chi connectivity index (χ2v) is 7.27. The molecule has 0 atom stereocenters. The molecule has 28 heavy (non-hydrogen) atoms. The largest absolute Gasteiger partial charge is 0.493 e. The van der Waals surface area contributed by atoms with E-state index in [1.54, 1.807) is 33.5 Å². The average Bonchev–Trinajstić information content (AvgIpc) is 2.71. The van der Waals surface area contributed by atoms with Crippen molar-refractivity contribution in [2.24, 2.45) is 0 Å². The van der Waals surface area contributed by atoms with Crippen molar-refractivity contribution in [1.82, 2.24) is 9.80 Å². The maximum Gasteiger partial charge on any atom is 0.254 e. The minimum absolute atomic E-state index is 0.00656. The van der Waals surface area contributed by atoms with Gasteiger partial charge in [-0.3, -0.25) is 9.69 Å². The van der Waals surface area contributed by atoms with Crippen molar-refractivity contribution >= 4 is 5.91 Å². The summed E-state index contributed by atoms with van der Waals surface area (Å²) in [7, 11) is 4.66. The highest BCUT2D eigenvalue weighted by Gasteiger charge is 2.36. The summed E-state index contributed by atoms with van der Waals surface area (Å²) in [4.78, 5) is 17.3. The Hall–Kier alpha value is -2.73. The highest BCUT2D eigenvalue weighted by molar-refractivity contribution is 5.96. The van der Waals surface area contributed by atoms with E-state index in [0.29, 0.717) is 28.9 Å². The summed E-state index contributed by atoms with van der Waals surface area (Å²) in [6.07, 6.45) is 1.08. The maximum atomic E-state index is 12.9. The number of ether oxygens (including phenoxy) is 3. The monoisotopic (exact) mass is 382 g/mol. The van der Waals surface area contributed by atoms with Gasteiger partial charge in [0.25, 0.3) is 5.91 Å². The molecule has 0 saturated carbocycles. The highest BCUT2D eigenvalue weighted by atomic mass is 16.5. The Morgan fingerprint density at radius 1 is 0.964 bits per heavy atom. The van der Waals surface area contributed by atoms with Crippen LogP contribution in [0.5, 0.6) is 17.2 Å². The molecule has 6 heteroatoms. The minimum Gasteiger partial charge on any atom is -0.493 e. The van der Waals surface area contributed by atoms with Crippen LogP contribution >= 0.6 is 0 Å². The minimum atomic E-state index is -0.00656. The Labute approximate surface area is 165 Å². The van der Waals surface area contributed by atoms with Crippen LogP contribution in [0.25, 0.3) is 0 Å². The van der Waals surface area contributed by atoms with Gasteiger partial charge in [-0.05, 0) is 29.7 Å². The summed E-state index contributed by atoms with van der Waals surface area (Å²) >= 11 is 0. The van der Waals surface area contributed by atoms with Crippen LogP contribution in [0.3, 0.4) is 0 Å². The molecule has 0 spiro atoms. The van der Waals surface area contributed by atoms with E-state index in [0.717, 1.165) is 32.6 Å². The molecular weight excluding hydrogens is 356 g/mol. The first-order valence-electron chi connectivity index (χ1n) is 9.54. The van der Waals surface area contributed by atoms with E-state index in [1.807, 2.05) is 4.90 Å². The Balaban J connectivity index is 1.43. The lowest BCUT2D eigenvalue weighted by molar-refractivity contribution is 0.0218. The van der Waals surface area contributed by atoms with Crippen molar-refractivity contribution < 1.29 is 19.0 Å². The van der Waals surface area contributed by atoms with E-state index in [2.05, 4.69) is 29.2 Å². The number of carbonyl (C=O) groups is 1. The van der Waals surface area contributed by atoms with E-state index in [1.165, 1.54) is 11.1 Å². The number of carbonyl (C=O) groups excluding carboxylic acids is 1.